The average molecular weight is 323 g/mol. The number of carbonyl (C=O) groups is 2. The van der Waals surface area contributed by atoms with Crippen LogP contribution in [-0.2, 0) is 14.3 Å². The summed E-state index contributed by atoms with van der Waals surface area (Å²) in [5.41, 5.74) is 2.73. The molecule has 3 rings (SSSR count). The number of rotatable bonds is 3. The molecule has 2 aliphatic heterocycles. The van der Waals surface area contributed by atoms with Gasteiger partial charge < -0.3 is 24.5 Å². The van der Waals surface area contributed by atoms with Gasteiger partial charge in [0.1, 0.15) is 6.17 Å². The fraction of sp³-hybridized carbons (Fsp3) is 0.500. The predicted octanol–water partition coefficient (Wildman–Crippen LogP) is -0.508. The Kier molecular flexibility index (Phi) is 3.95. The average Bonchev–Trinajstić information content (AvgIpc) is 2.50. The molecule has 1 N–H and O–H groups in total. The largest absolute Gasteiger partial charge is 0.451 e. The van der Waals surface area contributed by atoms with Gasteiger partial charge in [-0.15, -0.1) is 0 Å². The van der Waals surface area contributed by atoms with Crippen LogP contribution in [0.2, 0.25) is 0 Å². The first-order valence-electron chi connectivity index (χ1n) is 7.20. The molecule has 0 radical (unpaired) electrons. The summed E-state index contributed by atoms with van der Waals surface area (Å²) >= 11 is 0. The fourth-order valence-corrected chi connectivity index (χ4v) is 2.64. The number of hydrogen-bond donors (Lipinski definition) is 1. The third-order valence-corrected chi connectivity index (χ3v) is 3.75. The highest BCUT2D eigenvalue weighted by atomic mass is 16.7. The van der Waals surface area contributed by atoms with E-state index in [1.54, 1.807) is 4.90 Å². The van der Waals surface area contributed by atoms with Gasteiger partial charge in [0.2, 0.25) is 18.0 Å². The summed E-state index contributed by atoms with van der Waals surface area (Å²) in [6.45, 7) is 3.49. The molecule has 2 unspecified atom stereocenters. The van der Waals surface area contributed by atoms with Crippen molar-refractivity contribution < 1.29 is 23.8 Å². The number of esters is 1. The van der Waals surface area contributed by atoms with E-state index in [1.807, 2.05) is 6.92 Å². The third kappa shape index (κ3) is 2.74. The number of carbonyl (C=O) groups excluding carboxylic acids is 2. The van der Waals surface area contributed by atoms with E-state index >= 15 is 0 Å². The minimum Gasteiger partial charge on any atom is -0.451 e. The van der Waals surface area contributed by atoms with Crippen molar-refractivity contribution >= 4 is 11.9 Å². The molecular weight excluding hydrogens is 306 g/mol. The molecule has 1 saturated heterocycles. The molecule has 3 heterocycles. The van der Waals surface area contributed by atoms with Crippen LogP contribution in [0.3, 0.4) is 0 Å². The number of nitrogens with zero attached hydrogens (tertiary/aromatic N) is 2. The highest BCUT2D eigenvalue weighted by molar-refractivity contribution is 5.96. The highest BCUT2D eigenvalue weighted by Gasteiger charge is 2.40. The Labute approximate surface area is 131 Å². The zero-order chi connectivity index (χ0) is 16.6. The molecule has 0 saturated carbocycles. The van der Waals surface area contributed by atoms with E-state index in [1.165, 1.54) is 23.9 Å². The molecule has 1 fully saturated rings. The molecule has 0 bridgehead atoms. The number of amides is 1. The number of pyridine rings is 1. The van der Waals surface area contributed by atoms with E-state index in [0.29, 0.717) is 13.2 Å². The summed E-state index contributed by atoms with van der Waals surface area (Å²) in [5.74, 6) is -1.02. The second-order valence-corrected chi connectivity index (χ2v) is 5.27. The molecule has 0 aliphatic carbocycles. The lowest BCUT2D eigenvalue weighted by Gasteiger charge is -2.44. The number of nitrogens with one attached hydrogen (secondary N) is 1. The lowest BCUT2D eigenvalue weighted by atomic mass is 10.1. The van der Waals surface area contributed by atoms with Crippen molar-refractivity contribution in [2.75, 3.05) is 25.4 Å². The molecule has 1 aromatic heterocycles. The number of hydrogen-bond acceptors (Lipinski definition) is 7. The van der Waals surface area contributed by atoms with Gasteiger partial charge in [0.25, 0.3) is 5.91 Å². The minimum atomic E-state index is -0.540. The van der Waals surface area contributed by atoms with Gasteiger partial charge in [-0.25, -0.2) is 0 Å². The molecule has 0 aromatic carbocycles. The monoisotopic (exact) mass is 323 g/mol. The Morgan fingerprint density at radius 3 is 3.00 bits per heavy atom. The van der Waals surface area contributed by atoms with Crippen molar-refractivity contribution in [1.29, 1.82) is 0 Å². The van der Waals surface area contributed by atoms with Gasteiger partial charge in [0.15, 0.2) is 5.69 Å². The zero-order valence-electron chi connectivity index (χ0n) is 12.8. The molecule has 2 atom stereocenters. The summed E-state index contributed by atoms with van der Waals surface area (Å²) in [5, 5.41) is 0. The summed E-state index contributed by atoms with van der Waals surface area (Å²) in [7, 11) is 0. The van der Waals surface area contributed by atoms with Crippen molar-refractivity contribution in [3.63, 3.8) is 0 Å². The molecule has 124 valence electrons. The lowest BCUT2D eigenvalue weighted by Crippen LogP contribution is -2.62. The summed E-state index contributed by atoms with van der Waals surface area (Å²) in [6.07, 6.45) is 0.950. The van der Waals surface area contributed by atoms with Gasteiger partial charge >= 0.3 is 5.97 Å². The Morgan fingerprint density at radius 2 is 2.26 bits per heavy atom. The van der Waals surface area contributed by atoms with E-state index in [4.69, 9.17) is 9.47 Å². The molecule has 23 heavy (non-hydrogen) atoms. The Hall–Kier alpha value is -2.55. The maximum absolute atomic E-state index is 12.7. The van der Waals surface area contributed by atoms with Gasteiger partial charge in [-0.2, -0.15) is 0 Å². The second kappa shape index (κ2) is 5.92. The first-order valence-corrected chi connectivity index (χ1v) is 7.20. The van der Waals surface area contributed by atoms with Crippen LogP contribution in [0.4, 0.5) is 0 Å². The number of ether oxygens (including phenoxy) is 3. The number of fused-ring (bicyclic) bond motifs is 2. The normalized spacial score (nSPS) is 22.7. The van der Waals surface area contributed by atoms with E-state index in [-0.39, 0.29) is 29.6 Å². The SMILES string of the molecule is CC(=O)OCOc1c2n(ccc1=O)NC1C(C)OCCN1C2=O. The van der Waals surface area contributed by atoms with Gasteiger partial charge in [-0.1, -0.05) is 0 Å². The zero-order valence-corrected chi connectivity index (χ0v) is 12.8. The van der Waals surface area contributed by atoms with Crippen LogP contribution in [0, 0.1) is 0 Å². The molecule has 9 nitrogen and oxygen atoms in total. The van der Waals surface area contributed by atoms with Crippen molar-refractivity contribution in [1.82, 2.24) is 9.58 Å². The molecule has 9 heteroatoms. The van der Waals surface area contributed by atoms with Crippen LogP contribution in [0.15, 0.2) is 17.1 Å². The fourth-order valence-electron chi connectivity index (χ4n) is 2.64. The topological polar surface area (TPSA) is 99.1 Å². The first-order chi connectivity index (χ1) is 11.0. The smallest absolute Gasteiger partial charge is 0.305 e. The van der Waals surface area contributed by atoms with Crippen LogP contribution in [0.5, 0.6) is 5.75 Å². The Bertz CT molecular complexity index is 700. The maximum atomic E-state index is 12.7. The van der Waals surface area contributed by atoms with Crippen LogP contribution in [-0.4, -0.2) is 53.7 Å². The predicted molar refractivity (Wildman–Crippen MR) is 77.6 cm³/mol. The molecule has 1 amide bonds. The summed E-state index contributed by atoms with van der Waals surface area (Å²) < 4.78 is 16.9. The molecule has 0 spiro atoms. The third-order valence-electron chi connectivity index (χ3n) is 3.75. The molecular formula is C14H17N3O6. The molecule has 1 aromatic rings. The number of morpholine rings is 1. The Morgan fingerprint density at radius 1 is 1.48 bits per heavy atom. The van der Waals surface area contributed by atoms with Crippen LogP contribution >= 0.6 is 0 Å². The highest BCUT2D eigenvalue weighted by Crippen LogP contribution is 2.24. The quantitative estimate of drug-likeness (QED) is 0.591. The van der Waals surface area contributed by atoms with Gasteiger partial charge in [0.05, 0.1) is 12.7 Å². The van der Waals surface area contributed by atoms with Crippen molar-refractivity contribution in [2.45, 2.75) is 26.1 Å². The van der Waals surface area contributed by atoms with E-state index in [2.05, 4.69) is 10.2 Å². The van der Waals surface area contributed by atoms with Gasteiger partial charge in [0, 0.05) is 25.7 Å². The van der Waals surface area contributed by atoms with Crippen molar-refractivity contribution in [3.8, 4) is 5.75 Å². The van der Waals surface area contributed by atoms with Crippen LogP contribution in [0.1, 0.15) is 24.3 Å². The minimum absolute atomic E-state index is 0.0787. The van der Waals surface area contributed by atoms with Crippen molar-refractivity contribution in [2.24, 2.45) is 0 Å². The van der Waals surface area contributed by atoms with E-state index in [0.717, 1.165) is 0 Å². The number of aromatic nitrogens is 1. The van der Waals surface area contributed by atoms with Gasteiger partial charge in [-0.3, -0.25) is 19.1 Å². The van der Waals surface area contributed by atoms with Crippen LogP contribution < -0.4 is 15.6 Å². The Balaban J connectivity index is 1.95. The van der Waals surface area contributed by atoms with Crippen LogP contribution in [0.25, 0.3) is 0 Å². The lowest BCUT2D eigenvalue weighted by molar-refractivity contribution is -0.147. The standard InChI is InChI=1S/C14H17N3O6/c1-8-13-15-17-4-3-10(19)12(23-7-22-9(2)18)11(17)14(20)16(13)5-6-21-8/h3-4,8,13,15H,5-7H2,1-2H3. The molecule has 2 aliphatic rings. The van der Waals surface area contributed by atoms with Crippen molar-refractivity contribution in [3.05, 3.63) is 28.2 Å². The maximum Gasteiger partial charge on any atom is 0.305 e. The second-order valence-electron chi connectivity index (χ2n) is 5.27. The van der Waals surface area contributed by atoms with E-state index < -0.39 is 18.2 Å². The van der Waals surface area contributed by atoms with Gasteiger partial charge in [-0.05, 0) is 6.92 Å². The summed E-state index contributed by atoms with van der Waals surface area (Å²) in [4.78, 5) is 37.2. The first kappa shape index (κ1) is 15.3. The van der Waals surface area contributed by atoms with E-state index in [9.17, 15) is 14.4 Å². The summed E-state index contributed by atoms with van der Waals surface area (Å²) in [6, 6.07) is 1.27.